The zero-order chi connectivity index (χ0) is 10.2. The van der Waals surface area contributed by atoms with Gasteiger partial charge in [0.05, 0.1) is 6.07 Å². The summed E-state index contributed by atoms with van der Waals surface area (Å²) in [6.45, 7) is 0. The van der Waals surface area contributed by atoms with Crippen LogP contribution in [0.3, 0.4) is 0 Å². The van der Waals surface area contributed by atoms with E-state index in [4.69, 9.17) is 11.0 Å². The molecule has 3 nitrogen and oxygen atoms in total. The molecule has 1 saturated carbocycles. The SMILES string of the molecule is N#CC1(C(N)=O)CC1c1ccccc1. The molecule has 1 aromatic rings. The van der Waals surface area contributed by atoms with Gasteiger partial charge in [-0.15, -0.1) is 0 Å². The molecule has 3 heteroatoms. The van der Waals surface area contributed by atoms with Crippen molar-refractivity contribution in [3.8, 4) is 6.07 Å². The Kier molecular flexibility index (Phi) is 1.78. The van der Waals surface area contributed by atoms with E-state index in [1.165, 1.54) is 0 Å². The predicted octanol–water partition coefficient (Wildman–Crippen LogP) is 1.17. The average Bonchev–Trinajstić information content (AvgIpc) is 2.95. The van der Waals surface area contributed by atoms with E-state index in [1.54, 1.807) is 0 Å². The molecule has 0 radical (unpaired) electrons. The molecule has 2 N–H and O–H groups in total. The van der Waals surface area contributed by atoms with Gasteiger partial charge in [-0.05, 0) is 12.0 Å². The van der Waals surface area contributed by atoms with E-state index in [-0.39, 0.29) is 5.92 Å². The molecule has 0 saturated heterocycles. The van der Waals surface area contributed by atoms with Crippen molar-refractivity contribution in [2.24, 2.45) is 11.1 Å². The van der Waals surface area contributed by atoms with Crippen molar-refractivity contribution in [2.75, 3.05) is 0 Å². The maximum absolute atomic E-state index is 11.1. The number of nitriles is 1. The minimum atomic E-state index is -0.943. The number of hydrogen-bond donors (Lipinski definition) is 1. The minimum Gasteiger partial charge on any atom is -0.368 e. The standard InChI is InChI=1S/C11H10N2O/c12-7-11(10(13)14)6-9(11)8-4-2-1-3-5-8/h1-5,9H,6H2,(H2,13,14). The molecule has 2 atom stereocenters. The van der Waals surface area contributed by atoms with Crippen molar-refractivity contribution in [2.45, 2.75) is 12.3 Å². The quantitative estimate of drug-likeness (QED) is 0.753. The highest BCUT2D eigenvalue weighted by molar-refractivity contribution is 5.89. The molecule has 2 rings (SSSR count). The Morgan fingerprint density at radius 1 is 1.50 bits per heavy atom. The normalized spacial score (nSPS) is 29.2. The van der Waals surface area contributed by atoms with Crippen LogP contribution in [0.2, 0.25) is 0 Å². The van der Waals surface area contributed by atoms with Gasteiger partial charge < -0.3 is 5.73 Å². The number of carbonyl (C=O) groups excluding carboxylic acids is 1. The van der Waals surface area contributed by atoms with Gasteiger partial charge in [0, 0.05) is 5.92 Å². The van der Waals surface area contributed by atoms with Crippen LogP contribution in [0.4, 0.5) is 0 Å². The number of rotatable bonds is 2. The van der Waals surface area contributed by atoms with Crippen molar-refractivity contribution in [3.63, 3.8) is 0 Å². The lowest BCUT2D eigenvalue weighted by molar-refractivity contribution is -0.121. The second-order valence-electron chi connectivity index (χ2n) is 3.61. The molecule has 14 heavy (non-hydrogen) atoms. The van der Waals surface area contributed by atoms with Crippen LogP contribution in [-0.2, 0) is 4.79 Å². The summed E-state index contributed by atoms with van der Waals surface area (Å²) in [4.78, 5) is 11.1. The fourth-order valence-electron chi connectivity index (χ4n) is 1.80. The van der Waals surface area contributed by atoms with Gasteiger partial charge in [0.1, 0.15) is 5.41 Å². The highest BCUT2D eigenvalue weighted by Crippen LogP contribution is 2.58. The third-order valence-corrected chi connectivity index (χ3v) is 2.80. The maximum Gasteiger partial charge on any atom is 0.238 e. The van der Waals surface area contributed by atoms with Crippen molar-refractivity contribution in [1.29, 1.82) is 5.26 Å². The first kappa shape index (κ1) is 8.76. The summed E-state index contributed by atoms with van der Waals surface area (Å²) in [5.74, 6) is -0.514. The second kappa shape index (κ2) is 2.85. The van der Waals surface area contributed by atoms with Gasteiger partial charge in [0.15, 0.2) is 0 Å². The van der Waals surface area contributed by atoms with Gasteiger partial charge in [0.2, 0.25) is 5.91 Å². The molecule has 1 amide bonds. The molecule has 1 aliphatic rings. The zero-order valence-electron chi connectivity index (χ0n) is 7.60. The first-order valence-electron chi connectivity index (χ1n) is 4.47. The lowest BCUT2D eigenvalue weighted by Crippen LogP contribution is -2.24. The van der Waals surface area contributed by atoms with E-state index >= 15 is 0 Å². The van der Waals surface area contributed by atoms with Gasteiger partial charge in [-0.25, -0.2) is 0 Å². The van der Waals surface area contributed by atoms with Crippen LogP contribution < -0.4 is 5.73 Å². The second-order valence-corrected chi connectivity index (χ2v) is 3.61. The average molecular weight is 186 g/mol. The minimum absolute atomic E-state index is 0.00815. The van der Waals surface area contributed by atoms with Crippen LogP contribution in [0, 0.1) is 16.7 Å². The Labute approximate surface area is 82.1 Å². The zero-order valence-corrected chi connectivity index (χ0v) is 7.60. The number of nitrogens with zero attached hydrogens (tertiary/aromatic N) is 1. The molecule has 70 valence electrons. The molecule has 1 aromatic carbocycles. The first-order chi connectivity index (χ1) is 6.70. The number of amides is 1. The Balaban J connectivity index is 2.28. The van der Waals surface area contributed by atoms with E-state index in [0.29, 0.717) is 6.42 Å². The number of primary amides is 1. The molecule has 0 heterocycles. The molecule has 2 unspecified atom stereocenters. The number of hydrogen-bond acceptors (Lipinski definition) is 2. The lowest BCUT2D eigenvalue weighted by atomic mass is 10.0. The third kappa shape index (κ3) is 1.08. The largest absolute Gasteiger partial charge is 0.368 e. The van der Waals surface area contributed by atoms with Crippen LogP contribution >= 0.6 is 0 Å². The Morgan fingerprint density at radius 2 is 2.14 bits per heavy atom. The molecular weight excluding hydrogens is 176 g/mol. The monoisotopic (exact) mass is 186 g/mol. The van der Waals surface area contributed by atoms with Crippen LogP contribution in [-0.4, -0.2) is 5.91 Å². The number of nitrogens with two attached hydrogens (primary N) is 1. The lowest BCUT2D eigenvalue weighted by Gasteiger charge is -2.02. The summed E-state index contributed by atoms with van der Waals surface area (Å²) in [5.41, 5.74) is 5.29. The van der Waals surface area contributed by atoms with Gasteiger partial charge in [-0.1, -0.05) is 30.3 Å². The molecule has 0 spiro atoms. The van der Waals surface area contributed by atoms with E-state index in [1.807, 2.05) is 36.4 Å². The fourth-order valence-corrected chi connectivity index (χ4v) is 1.80. The molecule has 1 fully saturated rings. The number of benzene rings is 1. The first-order valence-corrected chi connectivity index (χ1v) is 4.47. The summed E-state index contributed by atoms with van der Waals surface area (Å²) < 4.78 is 0. The topological polar surface area (TPSA) is 66.9 Å². The van der Waals surface area contributed by atoms with Crippen molar-refractivity contribution >= 4 is 5.91 Å². The smallest absolute Gasteiger partial charge is 0.238 e. The van der Waals surface area contributed by atoms with E-state index in [9.17, 15) is 4.79 Å². The van der Waals surface area contributed by atoms with E-state index in [0.717, 1.165) is 5.56 Å². The summed E-state index contributed by atoms with van der Waals surface area (Å²) in [5, 5.41) is 8.91. The van der Waals surface area contributed by atoms with Crippen LogP contribution in [0.15, 0.2) is 30.3 Å². The third-order valence-electron chi connectivity index (χ3n) is 2.80. The van der Waals surface area contributed by atoms with Gasteiger partial charge in [0.25, 0.3) is 0 Å². The Bertz CT molecular complexity index is 407. The predicted molar refractivity (Wildman–Crippen MR) is 51.0 cm³/mol. The maximum atomic E-state index is 11.1. The highest BCUT2D eigenvalue weighted by Gasteiger charge is 2.60. The summed E-state index contributed by atoms with van der Waals surface area (Å²) in [6.07, 6.45) is 0.558. The van der Waals surface area contributed by atoms with Crippen molar-refractivity contribution in [1.82, 2.24) is 0 Å². The van der Waals surface area contributed by atoms with Gasteiger partial charge >= 0.3 is 0 Å². The summed E-state index contributed by atoms with van der Waals surface area (Å²) in [6, 6.07) is 11.6. The molecule has 0 aromatic heterocycles. The highest BCUT2D eigenvalue weighted by atomic mass is 16.1. The molecule has 0 bridgehead atoms. The van der Waals surface area contributed by atoms with E-state index in [2.05, 4.69) is 0 Å². The fraction of sp³-hybridized carbons (Fsp3) is 0.273. The van der Waals surface area contributed by atoms with Gasteiger partial charge in [-0.3, -0.25) is 4.79 Å². The Hall–Kier alpha value is -1.82. The van der Waals surface area contributed by atoms with Gasteiger partial charge in [-0.2, -0.15) is 5.26 Å². The van der Waals surface area contributed by atoms with Crippen LogP contribution in [0.25, 0.3) is 0 Å². The summed E-state index contributed by atoms with van der Waals surface area (Å²) >= 11 is 0. The van der Waals surface area contributed by atoms with Crippen LogP contribution in [0.5, 0.6) is 0 Å². The molecule has 1 aliphatic carbocycles. The van der Waals surface area contributed by atoms with E-state index < -0.39 is 11.3 Å². The summed E-state index contributed by atoms with van der Waals surface area (Å²) in [7, 11) is 0. The molecule has 0 aliphatic heterocycles. The van der Waals surface area contributed by atoms with Crippen molar-refractivity contribution < 1.29 is 4.79 Å². The van der Waals surface area contributed by atoms with Crippen molar-refractivity contribution in [3.05, 3.63) is 35.9 Å². The number of carbonyl (C=O) groups is 1. The van der Waals surface area contributed by atoms with Crippen LogP contribution in [0.1, 0.15) is 17.9 Å². The Morgan fingerprint density at radius 3 is 2.57 bits per heavy atom. The molecular formula is C11H10N2O.